The van der Waals surface area contributed by atoms with E-state index in [0.29, 0.717) is 18.2 Å². The van der Waals surface area contributed by atoms with Gasteiger partial charge in [0.05, 0.1) is 12.1 Å². The van der Waals surface area contributed by atoms with Crippen LogP contribution in [0.1, 0.15) is 22.5 Å². The minimum atomic E-state index is -0.947. The van der Waals surface area contributed by atoms with E-state index in [1.165, 1.54) is 12.7 Å². The van der Waals surface area contributed by atoms with Crippen molar-refractivity contribution in [1.29, 1.82) is 0 Å². The van der Waals surface area contributed by atoms with Gasteiger partial charge in [0, 0.05) is 6.54 Å². The van der Waals surface area contributed by atoms with Crippen LogP contribution in [0.5, 0.6) is 0 Å². The monoisotopic (exact) mass is 238 g/mol. The van der Waals surface area contributed by atoms with Crippen LogP contribution in [0.3, 0.4) is 0 Å². The minimum absolute atomic E-state index is 0.211. The molecule has 5 heteroatoms. The zero-order chi connectivity index (χ0) is 12.3. The third-order valence-electron chi connectivity index (χ3n) is 3.12. The van der Waals surface area contributed by atoms with Gasteiger partial charge in [-0.05, 0) is 38.5 Å². The second-order valence-corrected chi connectivity index (χ2v) is 4.65. The highest BCUT2D eigenvalue weighted by molar-refractivity contribution is 5.87. The molecular formula is C12H18N2O3. The normalized spacial score (nSPS) is 20.9. The number of carboxylic acids is 1. The van der Waals surface area contributed by atoms with E-state index in [1.807, 2.05) is 0 Å². The molecule has 1 saturated heterocycles. The molecule has 2 N–H and O–H groups in total. The maximum Gasteiger partial charge on any atom is 0.338 e. The second kappa shape index (κ2) is 5.33. The Hall–Kier alpha value is -1.33. The summed E-state index contributed by atoms with van der Waals surface area (Å²) in [5.41, 5.74) is 0.211. The summed E-state index contributed by atoms with van der Waals surface area (Å²) in [5.74, 6) is 0.417. The number of hydrogen-bond acceptors (Lipinski definition) is 4. The SMILES string of the molecule is CN1CCC(CNCc2cc(C(=O)O)co2)C1. The van der Waals surface area contributed by atoms with Gasteiger partial charge >= 0.3 is 5.97 Å². The molecule has 0 bridgehead atoms. The van der Waals surface area contributed by atoms with Gasteiger partial charge in [0.15, 0.2) is 0 Å². The van der Waals surface area contributed by atoms with Gasteiger partial charge in [-0.2, -0.15) is 0 Å². The van der Waals surface area contributed by atoms with Gasteiger partial charge in [-0.25, -0.2) is 4.79 Å². The van der Waals surface area contributed by atoms with E-state index in [0.717, 1.165) is 19.6 Å². The van der Waals surface area contributed by atoms with E-state index in [-0.39, 0.29) is 5.56 Å². The third kappa shape index (κ3) is 3.31. The largest absolute Gasteiger partial charge is 0.478 e. The number of rotatable bonds is 5. The van der Waals surface area contributed by atoms with Gasteiger partial charge < -0.3 is 19.7 Å². The molecular weight excluding hydrogens is 220 g/mol. The molecule has 0 radical (unpaired) electrons. The van der Waals surface area contributed by atoms with E-state index >= 15 is 0 Å². The molecule has 1 aliphatic heterocycles. The van der Waals surface area contributed by atoms with Gasteiger partial charge in [-0.3, -0.25) is 0 Å². The molecule has 0 amide bonds. The number of carboxylic acid groups (broad SMARTS) is 1. The fourth-order valence-corrected chi connectivity index (χ4v) is 2.18. The Bertz CT molecular complexity index is 389. The Morgan fingerprint density at radius 1 is 1.71 bits per heavy atom. The smallest absolute Gasteiger partial charge is 0.338 e. The molecule has 2 heterocycles. The van der Waals surface area contributed by atoms with Crippen molar-refractivity contribution in [3.8, 4) is 0 Å². The Morgan fingerprint density at radius 3 is 3.12 bits per heavy atom. The van der Waals surface area contributed by atoms with Crippen molar-refractivity contribution in [2.24, 2.45) is 5.92 Å². The predicted octanol–water partition coefficient (Wildman–Crippen LogP) is 1.02. The van der Waals surface area contributed by atoms with Crippen LogP contribution in [-0.4, -0.2) is 42.7 Å². The highest BCUT2D eigenvalue weighted by Gasteiger charge is 2.18. The lowest BCUT2D eigenvalue weighted by Crippen LogP contribution is -2.24. The summed E-state index contributed by atoms with van der Waals surface area (Å²) in [6, 6.07) is 1.57. The second-order valence-electron chi connectivity index (χ2n) is 4.65. The van der Waals surface area contributed by atoms with Crippen molar-refractivity contribution < 1.29 is 14.3 Å². The first-order chi connectivity index (χ1) is 8.15. The lowest BCUT2D eigenvalue weighted by molar-refractivity contribution is 0.0696. The number of nitrogens with zero attached hydrogens (tertiary/aromatic N) is 1. The Morgan fingerprint density at radius 2 is 2.53 bits per heavy atom. The maximum absolute atomic E-state index is 10.6. The lowest BCUT2D eigenvalue weighted by Gasteiger charge is -2.10. The van der Waals surface area contributed by atoms with Crippen LogP contribution in [0.25, 0.3) is 0 Å². The van der Waals surface area contributed by atoms with Gasteiger partial charge in [0.1, 0.15) is 12.0 Å². The molecule has 17 heavy (non-hydrogen) atoms. The summed E-state index contributed by atoms with van der Waals surface area (Å²) >= 11 is 0. The average Bonchev–Trinajstić information content (AvgIpc) is 2.88. The van der Waals surface area contributed by atoms with Crippen molar-refractivity contribution in [3.05, 3.63) is 23.7 Å². The molecule has 2 rings (SSSR count). The summed E-state index contributed by atoms with van der Waals surface area (Å²) in [7, 11) is 2.13. The Labute approximate surface area is 100 Å². The number of aromatic carboxylic acids is 1. The highest BCUT2D eigenvalue weighted by atomic mass is 16.4. The summed E-state index contributed by atoms with van der Waals surface area (Å²) in [4.78, 5) is 13.0. The fourth-order valence-electron chi connectivity index (χ4n) is 2.18. The number of carbonyl (C=O) groups is 1. The van der Waals surface area contributed by atoms with E-state index in [2.05, 4.69) is 17.3 Å². The molecule has 0 saturated carbocycles. The van der Waals surface area contributed by atoms with Crippen LogP contribution < -0.4 is 5.32 Å². The first-order valence-electron chi connectivity index (χ1n) is 5.85. The van der Waals surface area contributed by atoms with E-state index in [4.69, 9.17) is 9.52 Å². The van der Waals surface area contributed by atoms with Crippen LogP contribution in [0.15, 0.2) is 16.7 Å². The average molecular weight is 238 g/mol. The van der Waals surface area contributed by atoms with Crippen LogP contribution in [0.2, 0.25) is 0 Å². The maximum atomic E-state index is 10.6. The number of furan rings is 1. The molecule has 1 unspecified atom stereocenters. The molecule has 0 aromatic carbocycles. The van der Waals surface area contributed by atoms with E-state index in [9.17, 15) is 4.79 Å². The zero-order valence-electron chi connectivity index (χ0n) is 9.98. The number of likely N-dealkylation sites (tertiary alicyclic amines) is 1. The Kier molecular flexibility index (Phi) is 3.81. The van der Waals surface area contributed by atoms with Crippen LogP contribution in [-0.2, 0) is 6.54 Å². The van der Waals surface area contributed by atoms with Crippen LogP contribution >= 0.6 is 0 Å². The molecule has 1 aromatic rings. The standard InChI is InChI=1S/C12H18N2O3/c1-14-3-2-9(7-14)5-13-6-11-4-10(8-17-11)12(15)16/h4,8-9,13H,2-3,5-7H2,1H3,(H,15,16). The predicted molar refractivity (Wildman–Crippen MR) is 63.0 cm³/mol. The van der Waals surface area contributed by atoms with Crippen molar-refractivity contribution in [3.63, 3.8) is 0 Å². The fraction of sp³-hybridized carbons (Fsp3) is 0.583. The van der Waals surface area contributed by atoms with Crippen molar-refractivity contribution in [2.45, 2.75) is 13.0 Å². The first kappa shape index (κ1) is 12.1. The molecule has 1 fully saturated rings. The summed E-state index contributed by atoms with van der Waals surface area (Å²) < 4.78 is 5.16. The molecule has 94 valence electrons. The number of hydrogen-bond donors (Lipinski definition) is 2. The molecule has 1 aromatic heterocycles. The van der Waals surface area contributed by atoms with E-state index < -0.39 is 5.97 Å². The van der Waals surface area contributed by atoms with Gasteiger partial charge in [-0.1, -0.05) is 0 Å². The van der Waals surface area contributed by atoms with Crippen molar-refractivity contribution >= 4 is 5.97 Å². The van der Waals surface area contributed by atoms with E-state index in [1.54, 1.807) is 6.07 Å². The molecule has 1 aliphatic rings. The highest BCUT2D eigenvalue weighted by Crippen LogP contribution is 2.13. The molecule has 5 nitrogen and oxygen atoms in total. The van der Waals surface area contributed by atoms with Crippen molar-refractivity contribution in [1.82, 2.24) is 10.2 Å². The summed E-state index contributed by atoms with van der Waals surface area (Å²) in [6.07, 6.45) is 2.50. The molecule has 0 spiro atoms. The van der Waals surface area contributed by atoms with Gasteiger partial charge in [0.25, 0.3) is 0 Å². The minimum Gasteiger partial charge on any atom is -0.478 e. The first-order valence-corrected chi connectivity index (χ1v) is 5.85. The lowest BCUT2D eigenvalue weighted by atomic mass is 10.1. The Balaban J connectivity index is 1.72. The molecule has 1 atom stereocenters. The third-order valence-corrected chi connectivity index (χ3v) is 3.12. The van der Waals surface area contributed by atoms with Gasteiger partial charge in [-0.15, -0.1) is 0 Å². The summed E-state index contributed by atoms with van der Waals surface area (Å²) in [5, 5.41) is 12.0. The zero-order valence-corrected chi connectivity index (χ0v) is 9.98. The number of nitrogens with one attached hydrogen (secondary N) is 1. The summed E-state index contributed by atoms with van der Waals surface area (Å²) in [6.45, 7) is 3.84. The van der Waals surface area contributed by atoms with Gasteiger partial charge in [0.2, 0.25) is 0 Å². The molecule has 0 aliphatic carbocycles. The van der Waals surface area contributed by atoms with Crippen LogP contribution in [0.4, 0.5) is 0 Å². The van der Waals surface area contributed by atoms with Crippen molar-refractivity contribution in [2.75, 3.05) is 26.7 Å². The van der Waals surface area contributed by atoms with Crippen LogP contribution in [0, 0.1) is 5.92 Å². The topological polar surface area (TPSA) is 65.7 Å². The quantitative estimate of drug-likeness (QED) is 0.801.